The molecule has 0 saturated carbocycles. The SMILES string of the molecule is Cc1cc(C)cc(OCCN(C)C(=O)CN2C(=O)CCOc3ccccc32)c1. The van der Waals surface area contributed by atoms with Gasteiger partial charge < -0.3 is 14.4 Å². The van der Waals surface area contributed by atoms with Gasteiger partial charge in [0.15, 0.2) is 0 Å². The number of ether oxygens (including phenoxy) is 2. The van der Waals surface area contributed by atoms with Gasteiger partial charge in [-0.3, -0.25) is 14.5 Å². The summed E-state index contributed by atoms with van der Waals surface area (Å²) in [6.07, 6.45) is 0.251. The summed E-state index contributed by atoms with van der Waals surface area (Å²) >= 11 is 0. The van der Waals surface area contributed by atoms with Crippen LogP contribution in [0.4, 0.5) is 5.69 Å². The lowest BCUT2D eigenvalue weighted by Crippen LogP contribution is -2.42. The number of hydrogen-bond acceptors (Lipinski definition) is 4. The molecule has 0 N–H and O–H groups in total. The van der Waals surface area contributed by atoms with Crippen molar-refractivity contribution >= 4 is 17.5 Å². The molecule has 0 unspecified atom stereocenters. The number of anilines is 1. The molecule has 2 amide bonds. The lowest BCUT2D eigenvalue weighted by Gasteiger charge is -2.25. The summed E-state index contributed by atoms with van der Waals surface area (Å²) in [5.41, 5.74) is 2.92. The molecule has 28 heavy (non-hydrogen) atoms. The molecule has 6 heteroatoms. The number of carbonyl (C=O) groups excluding carboxylic acids is 2. The van der Waals surface area contributed by atoms with Crippen LogP contribution in [-0.4, -0.2) is 50.1 Å². The summed E-state index contributed by atoms with van der Waals surface area (Å²) in [5, 5.41) is 0. The lowest BCUT2D eigenvalue weighted by molar-refractivity contribution is -0.130. The largest absolute Gasteiger partial charge is 0.492 e. The van der Waals surface area contributed by atoms with E-state index in [2.05, 4.69) is 6.07 Å². The highest BCUT2D eigenvalue weighted by molar-refractivity contribution is 6.00. The molecular weight excluding hydrogens is 356 g/mol. The zero-order valence-electron chi connectivity index (χ0n) is 16.6. The van der Waals surface area contributed by atoms with Gasteiger partial charge in [-0.1, -0.05) is 18.2 Å². The summed E-state index contributed by atoms with van der Waals surface area (Å²) < 4.78 is 11.4. The van der Waals surface area contributed by atoms with Crippen LogP contribution in [0.25, 0.3) is 0 Å². The third-order valence-corrected chi connectivity index (χ3v) is 4.64. The van der Waals surface area contributed by atoms with E-state index in [1.807, 2.05) is 44.2 Å². The average molecular weight is 382 g/mol. The molecule has 0 aliphatic carbocycles. The van der Waals surface area contributed by atoms with Crippen molar-refractivity contribution < 1.29 is 19.1 Å². The highest BCUT2D eigenvalue weighted by atomic mass is 16.5. The van der Waals surface area contributed by atoms with E-state index in [0.717, 1.165) is 16.9 Å². The Bertz CT molecular complexity index is 845. The van der Waals surface area contributed by atoms with E-state index in [0.29, 0.717) is 31.2 Å². The van der Waals surface area contributed by atoms with Gasteiger partial charge in [0.2, 0.25) is 11.8 Å². The molecule has 3 rings (SSSR count). The first-order chi connectivity index (χ1) is 13.4. The molecule has 0 aromatic heterocycles. The minimum atomic E-state index is -0.144. The molecule has 2 aromatic rings. The highest BCUT2D eigenvalue weighted by Gasteiger charge is 2.26. The maximum absolute atomic E-state index is 12.7. The Morgan fingerprint density at radius 2 is 1.89 bits per heavy atom. The minimum Gasteiger partial charge on any atom is -0.492 e. The molecule has 1 aliphatic heterocycles. The minimum absolute atomic E-state index is 0.0146. The van der Waals surface area contributed by atoms with Crippen molar-refractivity contribution in [3.63, 3.8) is 0 Å². The van der Waals surface area contributed by atoms with Gasteiger partial charge in [-0.2, -0.15) is 0 Å². The number of likely N-dealkylation sites (N-methyl/N-ethyl adjacent to an activating group) is 1. The second-order valence-electron chi connectivity index (χ2n) is 7.03. The van der Waals surface area contributed by atoms with Crippen molar-refractivity contribution in [3.8, 4) is 11.5 Å². The molecule has 0 bridgehead atoms. The van der Waals surface area contributed by atoms with Crippen LogP contribution < -0.4 is 14.4 Å². The monoisotopic (exact) mass is 382 g/mol. The Hall–Kier alpha value is -3.02. The predicted molar refractivity (Wildman–Crippen MR) is 108 cm³/mol. The summed E-state index contributed by atoms with van der Waals surface area (Å²) in [4.78, 5) is 28.2. The van der Waals surface area contributed by atoms with Crippen LogP contribution >= 0.6 is 0 Å². The van der Waals surface area contributed by atoms with Crippen molar-refractivity contribution in [1.82, 2.24) is 4.90 Å². The normalized spacial score (nSPS) is 13.4. The predicted octanol–water partition coefficient (Wildman–Crippen LogP) is 2.96. The third-order valence-electron chi connectivity index (χ3n) is 4.64. The molecule has 0 atom stereocenters. The summed E-state index contributed by atoms with van der Waals surface area (Å²) in [6, 6.07) is 13.3. The van der Waals surface area contributed by atoms with Gasteiger partial charge in [0, 0.05) is 7.05 Å². The van der Waals surface area contributed by atoms with Crippen LogP contribution in [0.1, 0.15) is 17.5 Å². The maximum Gasteiger partial charge on any atom is 0.242 e. The van der Waals surface area contributed by atoms with Crippen LogP contribution in [0.5, 0.6) is 11.5 Å². The van der Waals surface area contributed by atoms with Gasteiger partial charge in [0.25, 0.3) is 0 Å². The van der Waals surface area contributed by atoms with Crippen LogP contribution in [0.15, 0.2) is 42.5 Å². The van der Waals surface area contributed by atoms with Crippen LogP contribution in [0.3, 0.4) is 0 Å². The van der Waals surface area contributed by atoms with E-state index >= 15 is 0 Å². The maximum atomic E-state index is 12.7. The fourth-order valence-corrected chi connectivity index (χ4v) is 3.19. The number of nitrogens with zero attached hydrogens (tertiary/aromatic N) is 2. The molecule has 0 fully saturated rings. The summed E-state index contributed by atoms with van der Waals surface area (Å²) in [5.74, 6) is 1.17. The first kappa shape index (κ1) is 19.7. The number of rotatable bonds is 6. The average Bonchev–Trinajstić information content (AvgIpc) is 2.80. The third kappa shape index (κ3) is 4.82. The zero-order valence-corrected chi connectivity index (χ0v) is 16.6. The number of para-hydroxylation sites is 2. The van der Waals surface area contributed by atoms with Crippen LogP contribution in [0, 0.1) is 13.8 Å². The van der Waals surface area contributed by atoms with Crippen molar-refractivity contribution in [2.45, 2.75) is 20.3 Å². The Morgan fingerprint density at radius 3 is 2.64 bits per heavy atom. The zero-order chi connectivity index (χ0) is 20.1. The summed E-state index contributed by atoms with van der Waals surface area (Å²) in [7, 11) is 1.72. The second kappa shape index (κ2) is 8.78. The number of hydrogen-bond donors (Lipinski definition) is 0. The number of aryl methyl sites for hydroxylation is 2. The second-order valence-corrected chi connectivity index (χ2v) is 7.03. The molecule has 1 heterocycles. The summed E-state index contributed by atoms with van der Waals surface area (Å²) in [6.45, 7) is 5.18. The van der Waals surface area contributed by atoms with Gasteiger partial charge in [-0.05, 0) is 49.2 Å². The topological polar surface area (TPSA) is 59.1 Å². The van der Waals surface area contributed by atoms with E-state index in [4.69, 9.17) is 9.47 Å². The smallest absolute Gasteiger partial charge is 0.242 e. The molecule has 2 aromatic carbocycles. The van der Waals surface area contributed by atoms with Crippen LogP contribution in [0.2, 0.25) is 0 Å². The van der Waals surface area contributed by atoms with E-state index in [1.165, 1.54) is 4.90 Å². The lowest BCUT2D eigenvalue weighted by atomic mass is 10.1. The van der Waals surface area contributed by atoms with Gasteiger partial charge in [0.1, 0.15) is 24.7 Å². The molecule has 1 aliphatic rings. The quantitative estimate of drug-likeness (QED) is 0.771. The van der Waals surface area contributed by atoms with E-state index in [1.54, 1.807) is 18.0 Å². The first-order valence-corrected chi connectivity index (χ1v) is 9.41. The van der Waals surface area contributed by atoms with E-state index < -0.39 is 0 Å². The Labute approximate surface area is 165 Å². The van der Waals surface area contributed by atoms with Crippen molar-refractivity contribution in [3.05, 3.63) is 53.6 Å². The van der Waals surface area contributed by atoms with E-state index in [-0.39, 0.29) is 24.8 Å². The van der Waals surface area contributed by atoms with Crippen molar-refractivity contribution in [2.75, 3.05) is 38.3 Å². The Kier molecular flexibility index (Phi) is 6.19. The first-order valence-electron chi connectivity index (χ1n) is 9.41. The van der Waals surface area contributed by atoms with Gasteiger partial charge in [-0.15, -0.1) is 0 Å². The highest BCUT2D eigenvalue weighted by Crippen LogP contribution is 2.30. The molecule has 0 radical (unpaired) electrons. The molecule has 6 nitrogen and oxygen atoms in total. The van der Waals surface area contributed by atoms with Crippen LogP contribution in [-0.2, 0) is 9.59 Å². The fourth-order valence-electron chi connectivity index (χ4n) is 3.19. The van der Waals surface area contributed by atoms with Crippen molar-refractivity contribution in [2.24, 2.45) is 0 Å². The molecular formula is C22H26N2O4. The fraction of sp³-hybridized carbons (Fsp3) is 0.364. The van der Waals surface area contributed by atoms with Crippen molar-refractivity contribution in [1.29, 1.82) is 0 Å². The number of fused-ring (bicyclic) bond motifs is 1. The standard InChI is InChI=1S/C22H26N2O4/c1-16-12-17(2)14-18(13-16)27-11-9-23(3)22(26)15-24-19-6-4-5-7-20(19)28-10-8-21(24)25/h4-7,12-14H,8-11,15H2,1-3H3. The molecule has 0 saturated heterocycles. The van der Waals surface area contributed by atoms with Gasteiger partial charge >= 0.3 is 0 Å². The van der Waals surface area contributed by atoms with E-state index in [9.17, 15) is 9.59 Å². The molecule has 0 spiro atoms. The Balaban J connectivity index is 1.58. The number of carbonyl (C=O) groups is 2. The Morgan fingerprint density at radius 1 is 1.18 bits per heavy atom. The number of benzene rings is 2. The van der Waals surface area contributed by atoms with Gasteiger partial charge in [-0.25, -0.2) is 0 Å². The molecule has 148 valence electrons. The van der Waals surface area contributed by atoms with Gasteiger partial charge in [0.05, 0.1) is 25.3 Å². The number of amides is 2.